The van der Waals surface area contributed by atoms with Crippen molar-refractivity contribution in [2.45, 2.75) is 25.8 Å². The molecule has 0 aliphatic carbocycles. The Morgan fingerprint density at radius 3 is 2.42 bits per heavy atom. The molecular weight excluding hydrogens is 445 g/mol. The minimum atomic E-state index is -0.361. The van der Waals surface area contributed by atoms with Crippen molar-refractivity contribution in [2.75, 3.05) is 25.0 Å². The number of aromatic nitrogens is 2. The highest BCUT2D eigenvalue weighted by molar-refractivity contribution is 6.33. The molecule has 1 aliphatic rings. The fourth-order valence-corrected chi connectivity index (χ4v) is 4.29. The molecule has 1 saturated heterocycles. The normalized spacial score (nSPS) is 14.8. The van der Waals surface area contributed by atoms with Crippen LogP contribution in [0.2, 0.25) is 5.15 Å². The van der Waals surface area contributed by atoms with Crippen molar-refractivity contribution in [3.63, 3.8) is 0 Å². The third kappa shape index (κ3) is 5.58. The lowest BCUT2D eigenvalue weighted by Gasteiger charge is -2.31. The molecule has 1 fully saturated rings. The lowest BCUT2D eigenvalue weighted by atomic mass is 10.0. The molecule has 2 N–H and O–H groups in total. The van der Waals surface area contributed by atoms with Crippen LogP contribution in [0.1, 0.15) is 28.9 Å². The van der Waals surface area contributed by atoms with Crippen molar-refractivity contribution >= 4 is 29.1 Å². The summed E-state index contributed by atoms with van der Waals surface area (Å²) in [6.45, 7) is 3.43. The Balaban J connectivity index is 1.31. The SMILES string of the molecule is Cc1nn(-c2ccc(F)cc2)c(Cl)c1C(=O)NC1CCN(CC(=O)Nc2ccccc2)CC1. The Morgan fingerprint density at radius 2 is 1.76 bits per heavy atom. The average Bonchev–Trinajstić information content (AvgIpc) is 3.10. The molecule has 0 saturated carbocycles. The molecule has 33 heavy (non-hydrogen) atoms. The van der Waals surface area contributed by atoms with E-state index in [1.165, 1.54) is 16.8 Å². The molecule has 7 nitrogen and oxygen atoms in total. The summed E-state index contributed by atoms with van der Waals surface area (Å²) in [5.41, 5.74) is 2.16. The third-order valence-electron chi connectivity index (χ3n) is 5.65. The van der Waals surface area contributed by atoms with Crippen molar-refractivity contribution in [1.82, 2.24) is 20.0 Å². The van der Waals surface area contributed by atoms with Crippen LogP contribution in [0.15, 0.2) is 54.6 Å². The second-order valence-corrected chi connectivity index (χ2v) is 8.44. The number of hydrogen-bond acceptors (Lipinski definition) is 4. The lowest BCUT2D eigenvalue weighted by molar-refractivity contribution is -0.117. The number of halogens is 2. The first-order chi connectivity index (χ1) is 15.9. The summed E-state index contributed by atoms with van der Waals surface area (Å²) in [5.74, 6) is -0.703. The Hall–Kier alpha value is -3.23. The summed E-state index contributed by atoms with van der Waals surface area (Å²) in [6.07, 6.45) is 1.46. The van der Waals surface area contributed by atoms with Crippen LogP contribution in [0.5, 0.6) is 0 Å². The summed E-state index contributed by atoms with van der Waals surface area (Å²) < 4.78 is 14.6. The highest BCUT2D eigenvalue weighted by atomic mass is 35.5. The molecule has 9 heteroatoms. The first-order valence-corrected chi connectivity index (χ1v) is 11.2. The standard InChI is InChI=1S/C24H25ClFN5O2/c1-16-22(23(25)31(29-16)20-9-7-17(26)8-10-20)24(33)28-19-11-13-30(14-12-19)15-21(32)27-18-5-3-2-4-6-18/h2-10,19H,11-15H2,1H3,(H,27,32)(H,28,33). The van der Waals surface area contributed by atoms with Gasteiger partial charge in [0.1, 0.15) is 11.0 Å². The first-order valence-electron chi connectivity index (χ1n) is 10.8. The molecule has 0 radical (unpaired) electrons. The fourth-order valence-electron chi connectivity index (χ4n) is 3.93. The number of carbonyl (C=O) groups is 2. The molecule has 0 bridgehead atoms. The number of piperidine rings is 1. The van der Waals surface area contributed by atoms with Gasteiger partial charge in [-0.3, -0.25) is 14.5 Å². The van der Waals surface area contributed by atoms with Gasteiger partial charge in [0.25, 0.3) is 5.91 Å². The van der Waals surface area contributed by atoms with Crippen molar-refractivity contribution in [3.05, 3.63) is 76.8 Å². The molecule has 172 valence electrons. The monoisotopic (exact) mass is 469 g/mol. The number of aryl methyl sites for hydroxylation is 1. The Bertz CT molecular complexity index is 1130. The van der Waals surface area contributed by atoms with Gasteiger partial charge < -0.3 is 10.6 Å². The number of rotatable bonds is 6. The van der Waals surface area contributed by atoms with E-state index in [-0.39, 0.29) is 28.8 Å². The predicted octanol–water partition coefficient (Wildman–Crippen LogP) is 3.81. The van der Waals surface area contributed by atoms with Gasteiger partial charge in [0.15, 0.2) is 0 Å². The van der Waals surface area contributed by atoms with Gasteiger partial charge in [0, 0.05) is 24.8 Å². The molecule has 1 aliphatic heterocycles. The van der Waals surface area contributed by atoms with E-state index in [1.54, 1.807) is 19.1 Å². The third-order valence-corrected chi connectivity index (χ3v) is 6.00. The fraction of sp³-hybridized carbons (Fsp3) is 0.292. The Labute approximate surface area is 196 Å². The molecule has 2 heterocycles. The van der Waals surface area contributed by atoms with E-state index in [9.17, 15) is 14.0 Å². The van der Waals surface area contributed by atoms with E-state index in [2.05, 4.69) is 20.6 Å². The van der Waals surface area contributed by atoms with Crippen LogP contribution >= 0.6 is 11.6 Å². The van der Waals surface area contributed by atoms with Gasteiger partial charge in [-0.15, -0.1) is 0 Å². The molecule has 2 aromatic carbocycles. The molecule has 0 atom stereocenters. The maximum absolute atomic E-state index is 13.2. The maximum Gasteiger partial charge on any atom is 0.256 e. The molecular formula is C24H25ClFN5O2. The van der Waals surface area contributed by atoms with Gasteiger partial charge >= 0.3 is 0 Å². The van der Waals surface area contributed by atoms with Crippen LogP contribution in [0.25, 0.3) is 5.69 Å². The summed E-state index contributed by atoms with van der Waals surface area (Å²) in [7, 11) is 0. The number of nitrogens with zero attached hydrogens (tertiary/aromatic N) is 3. The summed E-state index contributed by atoms with van der Waals surface area (Å²) in [6, 6.07) is 15.1. The van der Waals surface area contributed by atoms with Crippen LogP contribution in [0.4, 0.5) is 10.1 Å². The van der Waals surface area contributed by atoms with E-state index >= 15 is 0 Å². The predicted molar refractivity (Wildman–Crippen MR) is 125 cm³/mol. The topological polar surface area (TPSA) is 79.3 Å². The van der Waals surface area contributed by atoms with E-state index in [1.807, 2.05) is 30.3 Å². The zero-order chi connectivity index (χ0) is 23.4. The van der Waals surface area contributed by atoms with Gasteiger partial charge in [0.2, 0.25) is 5.91 Å². The van der Waals surface area contributed by atoms with Gasteiger partial charge in [-0.25, -0.2) is 9.07 Å². The zero-order valence-corrected chi connectivity index (χ0v) is 19.0. The van der Waals surface area contributed by atoms with Crippen LogP contribution in [-0.4, -0.2) is 52.2 Å². The highest BCUT2D eigenvalue weighted by Gasteiger charge is 2.26. The molecule has 2 amide bonds. The van der Waals surface area contributed by atoms with Gasteiger partial charge in [-0.05, 0) is 56.2 Å². The van der Waals surface area contributed by atoms with Crippen LogP contribution in [-0.2, 0) is 4.79 Å². The average molecular weight is 470 g/mol. The van der Waals surface area contributed by atoms with E-state index < -0.39 is 0 Å². The largest absolute Gasteiger partial charge is 0.349 e. The minimum absolute atomic E-state index is 0.0180. The van der Waals surface area contributed by atoms with Crippen molar-refractivity contribution in [1.29, 1.82) is 0 Å². The quantitative estimate of drug-likeness (QED) is 0.575. The number of carbonyl (C=O) groups excluding carboxylic acids is 2. The van der Waals surface area contributed by atoms with Crippen molar-refractivity contribution < 1.29 is 14.0 Å². The number of anilines is 1. The molecule has 1 aromatic heterocycles. The molecule has 0 spiro atoms. The smallest absolute Gasteiger partial charge is 0.256 e. The number of likely N-dealkylation sites (tertiary alicyclic amines) is 1. The van der Waals surface area contributed by atoms with Crippen LogP contribution < -0.4 is 10.6 Å². The van der Waals surface area contributed by atoms with Gasteiger partial charge in [-0.1, -0.05) is 29.8 Å². The second kappa shape index (κ2) is 10.1. The minimum Gasteiger partial charge on any atom is -0.349 e. The number of nitrogens with one attached hydrogen (secondary N) is 2. The Morgan fingerprint density at radius 1 is 1.09 bits per heavy atom. The molecule has 0 unspecified atom stereocenters. The first kappa shape index (κ1) is 22.9. The zero-order valence-electron chi connectivity index (χ0n) is 18.2. The second-order valence-electron chi connectivity index (χ2n) is 8.08. The highest BCUT2D eigenvalue weighted by Crippen LogP contribution is 2.24. The number of hydrogen-bond donors (Lipinski definition) is 2. The van der Waals surface area contributed by atoms with E-state index in [0.717, 1.165) is 18.5 Å². The molecule has 4 rings (SSSR count). The van der Waals surface area contributed by atoms with Crippen LogP contribution in [0.3, 0.4) is 0 Å². The Kier molecular flexibility index (Phi) is 7.05. The maximum atomic E-state index is 13.2. The molecule has 3 aromatic rings. The van der Waals surface area contributed by atoms with E-state index in [0.29, 0.717) is 36.6 Å². The lowest BCUT2D eigenvalue weighted by Crippen LogP contribution is -2.46. The van der Waals surface area contributed by atoms with Crippen molar-refractivity contribution in [3.8, 4) is 5.69 Å². The summed E-state index contributed by atoms with van der Waals surface area (Å²) in [4.78, 5) is 27.3. The number of amides is 2. The number of benzene rings is 2. The number of para-hydroxylation sites is 1. The summed E-state index contributed by atoms with van der Waals surface area (Å²) in [5, 5.41) is 10.5. The van der Waals surface area contributed by atoms with Gasteiger partial charge in [-0.2, -0.15) is 5.10 Å². The van der Waals surface area contributed by atoms with Crippen LogP contribution in [0, 0.1) is 12.7 Å². The summed E-state index contributed by atoms with van der Waals surface area (Å²) >= 11 is 6.46. The van der Waals surface area contributed by atoms with Gasteiger partial charge in [0.05, 0.1) is 23.5 Å². The van der Waals surface area contributed by atoms with Crippen molar-refractivity contribution in [2.24, 2.45) is 0 Å². The van der Waals surface area contributed by atoms with E-state index in [4.69, 9.17) is 11.6 Å².